The summed E-state index contributed by atoms with van der Waals surface area (Å²) in [5, 5.41) is 12.3. The van der Waals surface area contributed by atoms with Crippen LogP contribution in [0, 0.1) is 0 Å². The number of para-hydroxylation sites is 1. The molecule has 1 heteroatoms. The van der Waals surface area contributed by atoms with Gasteiger partial charge in [0, 0.05) is 10.8 Å². The monoisotopic (exact) mass is 596 g/mol. The summed E-state index contributed by atoms with van der Waals surface area (Å²) in [5.41, 5.74) is 9.24. The summed E-state index contributed by atoms with van der Waals surface area (Å²) < 4.78 is 6.32. The second kappa shape index (κ2) is 10.2. The van der Waals surface area contributed by atoms with Crippen molar-refractivity contribution >= 4 is 65.0 Å². The fraction of sp³-hybridized carbons (Fsp3) is 0. The normalized spacial score (nSPS) is 11.8. The highest BCUT2D eigenvalue weighted by Gasteiger charge is 2.20. The minimum absolute atomic E-state index is 0.911. The van der Waals surface area contributed by atoms with Gasteiger partial charge in [-0.05, 0) is 101 Å². The lowest BCUT2D eigenvalue weighted by Crippen LogP contribution is -1.93. The smallest absolute Gasteiger partial charge is 0.136 e. The molecule has 10 rings (SSSR count). The molecule has 0 bridgehead atoms. The second-order valence-corrected chi connectivity index (χ2v) is 12.4. The zero-order valence-corrected chi connectivity index (χ0v) is 25.6. The van der Waals surface area contributed by atoms with E-state index in [1.807, 2.05) is 6.07 Å². The molecule has 0 fully saturated rings. The van der Waals surface area contributed by atoms with Crippen LogP contribution in [0.4, 0.5) is 0 Å². The molecule has 0 radical (unpaired) electrons. The van der Waals surface area contributed by atoms with E-state index >= 15 is 0 Å². The fourth-order valence-corrected chi connectivity index (χ4v) is 7.84. The largest absolute Gasteiger partial charge is 0.456 e. The molecule has 47 heavy (non-hydrogen) atoms. The van der Waals surface area contributed by atoms with Crippen molar-refractivity contribution in [3.05, 3.63) is 170 Å². The van der Waals surface area contributed by atoms with E-state index in [4.69, 9.17) is 4.42 Å². The van der Waals surface area contributed by atoms with Gasteiger partial charge < -0.3 is 4.42 Å². The van der Waals surface area contributed by atoms with E-state index in [1.165, 1.54) is 76.5 Å². The van der Waals surface area contributed by atoms with Crippen LogP contribution in [0.3, 0.4) is 0 Å². The van der Waals surface area contributed by atoms with Gasteiger partial charge in [0.2, 0.25) is 0 Å². The molecular weight excluding hydrogens is 569 g/mol. The zero-order valence-electron chi connectivity index (χ0n) is 25.6. The van der Waals surface area contributed by atoms with Crippen molar-refractivity contribution in [1.29, 1.82) is 0 Å². The van der Waals surface area contributed by atoms with Crippen LogP contribution in [0.25, 0.3) is 98.4 Å². The van der Waals surface area contributed by atoms with Crippen LogP contribution >= 0.6 is 0 Å². The predicted molar refractivity (Wildman–Crippen MR) is 200 cm³/mol. The minimum atomic E-state index is 0.911. The molecule has 218 valence electrons. The molecule has 0 aliphatic rings. The second-order valence-electron chi connectivity index (χ2n) is 12.4. The van der Waals surface area contributed by atoms with E-state index in [1.54, 1.807) is 0 Å². The van der Waals surface area contributed by atoms with Gasteiger partial charge in [-0.2, -0.15) is 0 Å². The van der Waals surface area contributed by atoms with Crippen molar-refractivity contribution in [1.82, 2.24) is 0 Å². The summed E-state index contributed by atoms with van der Waals surface area (Å²) in [6.07, 6.45) is 0. The summed E-state index contributed by atoms with van der Waals surface area (Å²) >= 11 is 0. The van der Waals surface area contributed by atoms with Crippen molar-refractivity contribution in [2.75, 3.05) is 0 Å². The number of furan rings is 1. The van der Waals surface area contributed by atoms with Gasteiger partial charge in [0.25, 0.3) is 0 Å². The van der Waals surface area contributed by atoms with E-state index in [2.05, 4.69) is 164 Å². The Morgan fingerprint density at radius 3 is 1.47 bits per heavy atom. The van der Waals surface area contributed by atoms with Gasteiger partial charge >= 0.3 is 0 Å². The SMILES string of the molecule is c1ccc2c(-c3c4ccccc4c(-c4cc(-c5cccc6oc7ccccc7c56)cc5ccccc45)c4ccccc34)cccc2c1. The molecule has 0 saturated carbocycles. The van der Waals surface area contributed by atoms with Gasteiger partial charge in [-0.1, -0.05) is 146 Å². The Bertz CT molecular complexity index is 2790. The Morgan fingerprint density at radius 1 is 0.298 bits per heavy atom. The molecule has 9 aromatic carbocycles. The Morgan fingerprint density at radius 2 is 0.766 bits per heavy atom. The third-order valence-corrected chi connectivity index (χ3v) is 9.84. The van der Waals surface area contributed by atoms with Crippen molar-refractivity contribution in [3.63, 3.8) is 0 Å². The van der Waals surface area contributed by atoms with Crippen molar-refractivity contribution in [2.24, 2.45) is 0 Å². The number of hydrogen-bond acceptors (Lipinski definition) is 1. The zero-order chi connectivity index (χ0) is 30.9. The standard InChI is InChI=1S/C46H28O/c1-3-16-32-29(13-1)15-11-24-35(32)44-36-18-5-7-20-38(36)45(39-21-8-6-19-37(39)44)41-28-31(27-30-14-2-4-17-33(30)41)34-23-12-26-43-46(34)40-22-9-10-25-42(40)47-43/h1-28H. The third-order valence-electron chi connectivity index (χ3n) is 9.84. The van der Waals surface area contributed by atoms with Crippen molar-refractivity contribution in [2.45, 2.75) is 0 Å². The molecule has 10 aromatic rings. The van der Waals surface area contributed by atoms with E-state index in [0.29, 0.717) is 0 Å². The first kappa shape index (κ1) is 26.1. The van der Waals surface area contributed by atoms with E-state index in [-0.39, 0.29) is 0 Å². The van der Waals surface area contributed by atoms with Crippen LogP contribution in [0.1, 0.15) is 0 Å². The molecule has 0 amide bonds. The molecule has 0 aliphatic carbocycles. The van der Waals surface area contributed by atoms with Crippen LogP contribution in [0.2, 0.25) is 0 Å². The summed E-state index contributed by atoms with van der Waals surface area (Å²) in [6.45, 7) is 0. The first-order chi connectivity index (χ1) is 23.3. The summed E-state index contributed by atoms with van der Waals surface area (Å²) in [4.78, 5) is 0. The molecular formula is C46H28O. The fourth-order valence-electron chi connectivity index (χ4n) is 7.84. The number of hydrogen-bond donors (Lipinski definition) is 0. The maximum atomic E-state index is 6.32. The van der Waals surface area contributed by atoms with Crippen LogP contribution in [-0.2, 0) is 0 Å². The number of fused-ring (bicyclic) bond motifs is 7. The topological polar surface area (TPSA) is 13.1 Å². The van der Waals surface area contributed by atoms with E-state index < -0.39 is 0 Å². The highest BCUT2D eigenvalue weighted by Crippen LogP contribution is 2.48. The molecule has 0 atom stereocenters. The van der Waals surface area contributed by atoms with E-state index in [9.17, 15) is 0 Å². The van der Waals surface area contributed by atoms with Gasteiger partial charge in [0.15, 0.2) is 0 Å². The van der Waals surface area contributed by atoms with Crippen LogP contribution < -0.4 is 0 Å². The first-order valence-corrected chi connectivity index (χ1v) is 16.2. The average Bonchev–Trinajstić information content (AvgIpc) is 3.52. The Balaban J connectivity index is 1.35. The first-order valence-electron chi connectivity index (χ1n) is 16.2. The number of benzene rings is 9. The van der Waals surface area contributed by atoms with Gasteiger partial charge in [0.1, 0.15) is 11.2 Å². The summed E-state index contributed by atoms with van der Waals surface area (Å²) in [7, 11) is 0. The third kappa shape index (κ3) is 3.90. The highest BCUT2D eigenvalue weighted by molar-refractivity contribution is 6.26. The van der Waals surface area contributed by atoms with Crippen LogP contribution in [-0.4, -0.2) is 0 Å². The van der Waals surface area contributed by atoms with E-state index in [0.717, 1.165) is 21.9 Å². The predicted octanol–water partition coefficient (Wildman–Crippen LogP) is 13.2. The molecule has 0 saturated heterocycles. The average molecular weight is 597 g/mol. The lowest BCUT2D eigenvalue weighted by molar-refractivity contribution is 0.669. The molecule has 1 heterocycles. The van der Waals surface area contributed by atoms with Gasteiger partial charge in [0.05, 0.1) is 0 Å². The molecule has 0 N–H and O–H groups in total. The lowest BCUT2D eigenvalue weighted by atomic mass is 9.83. The van der Waals surface area contributed by atoms with Crippen LogP contribution in [0.5, 0.6) is 0 Å². The highest BCUT2D eigenvalue weighted by atomic mass is 16.3. The minimum Gasteiger partial charge on any atom is -0.456 e. The summed E-state index contributed by atoms with van der Waals surface area (Å²) in [6, 6.07) is 61.6. The molecule has 1 nitrogen and oxygen atoms in total. The quantitative estimate of drug-likeness (QED) is 0.185. The van der Waals surface area contributed by atoms with Crippen LogP contribution in [0.15, 0.2) is 174 Å². The Labute approximate surface area is 271 Å². The molecule has 0 unspecified atom stereocenters. The van der Waals surface area contributed by atoms with Gasteiger partial charge in [-0.3, -0.25) is 0 Å². The van der Waals surface area contributed by atoms with Gasteiger partial charge in [-0.25, -0.2) is 0 Å². The maximum absolute atomic E-state index is 6.32. The number of rotatable bonds is 3. The maximum Gasteiger partial charge on any atom is 0.136 e. The Kier molecular flexibility index (Phi) is 5.64. The van der Waals surface area contributed by atoms with Gasteiger partial charge in [-0.15, -0.1) is 0 Å². The van der Waals surface area contributed by atoms with Crippen molar-refractivity contribution < 1.29 is 4.42 Å². The van der Waals surface area contributed by atoms with Crippen molar-refractivity contribution in [3.8, 4) is 33.4 Å². The Hall–Kier alpha value is -6.18. The molecule has 0 aliphatic heterocycles. The molecule has 0 spiro atoms. The molecule has 1 aromatic heterocycles. The summed E-state index contributed by atoms with van der Waals surface area (Å²) in [5.74, 6) is 0. The lowest BCUT2D eigenvalue weighted by Gasteiger charge is -2.20.